The van der Waals surface area contributed by atoms with E-state index in [-0.39, 0.29) is 22.7 Å². The minimum Gasteiger partial charge on any atom is -0.497 e. The van der Waals surface area contributed by atoms with Crippen LogP contribution in [0.2, 0.25) is 0 Å². The van der Waals surface area contributed by atoms with Crippen LogP contribution in [0.25, 0.3) is 0 Å². The molecule has 0 aliphatic carbocycles. The van der Waals surface area contributed by atoms with Gasteiger partial charge in [0, 0.05) is 11.3 Å². The Balaban J connectivity index is 1.67. The van der Waals surface area contributed by atoms with Gasteiger partial charge in [-0.15, -0.1) is 0 Å². The van der Waals surface area contributed by atoms with Crippen molar-refractivity contribution >= 4 is 29.2 Å². The molecule has 11 heteroatoms. The van der Waals surface area contributed by atoms with Gasteiger partial charge in [0.05, 0.1) is 23.9 Å². The zero-order chi connectivity index (χ0) is 26.3. The molecule has 3 rings (SSSR count). The van der Waals surface area contributed by atoms with Crippen LogP contribution in [0.5, 0.6) is 11.5 Å². The highest BCUT2D eigenvalue weighted by atomic mass is 19.4. The van der Waals surface area contributed by atoms with Crippen molar-refractivity contribution in [1.29, 1.82) is 0 Å². The number of halogens is 3. The van der Waals surface area contributed by atoms with Gasteiger partial charge in [-0.05, 0) is 61.5 Å². The Morgan fingerprint density at radius 3 is 2.25 bits per heavy atom. The first-order chi connectivity index (χ1) is 17.1. The molecule has 2 amide bonds. The van der Waals surface area contributed by atoms with Crippen molar-refractivity contribution in [3.05, 3.63) is 89.5 Å². The minimum absolute atomic E-state index is 0.155. The summed E-state index contributed by atoms with van der Waals surface area (Å²) in [6, 6.07) is 16.5. The summed E-state index contributed by atoms with van der Waals surface area (Å²) in [5.74, 6) is -2.34. The van der Waals surface area contributed by atoms with Crippen molar-refractivity contribution < 1.29 is 37.0 Å². The molecule has 0 aromatic heterocycles. The van der Waals surface area contributed by atoms with Gasteiger partial charge in [0.2, 0.25) is 0 Å². The van der Waals surface area contributed by atoms with Crippen molar-refractivity contribution in [3.63, 3.8) is 0 Å². The molecule has 0 aliphatic heterocycles. The third-order valence-corrected chi connectivity index (χ3v) is 4.78. The molecule has 3 aromatic rings. The molecule has 0 spiro atoms. The molecule has 3 aromatic carbocycles. The summed E-state index contributed by atoms with van der Waals surface area (Å²) in [6.45, 7) is 1.50. The van der Waals surface area contributed by atoms with Gasteiger partial charge in [0.25, 0.3) is 0 Å². The normalized spacial score (nSPS) is 11.4. The molecule has 0 aliphatic rings. The van der Waals surface area contributed by atoms with E-state index in [0.29, 0.717) is 17.4 Å². The van der Waals surface area contributed by atoms with E-state index in [0.717, 1.165) is 12.1 Å². The molecule has 0 saturated carbocycles. The van der Waals surface area contributed by atoms with Crippen molar-refractivity contribution in [3.8, 4) is 11.5 Å². The zero-order valence-electron chi connectivity index (χ0n) is 19.1. The van der Waals surface area contributed by atoms with Crippen LogP contribution in [0.15, 0.2) is 77.9 Å². The molecular weight excluding hydrogens is 479 g/mol. The third-order valence-electron chi connectivity index (χ3n) is 4.78. The van der Waals surface area contributed by atoms with E-state index in [1.54, 1.807) is 30.3 Å². The maximum atomic E-state index is 12.8. The number of benzene rings is 3. The van der Waals surface area contributed by atoms with Gasteiger partial charge >= 0.3 is 24.0 Å². The number of alkyl halides is 3. The van der Waals surface area contributed by atoms with Gasteiger partial charge < -0.3 is 14.8 Å². The number of nitrogens with one attached hydrogen (secondary N) is 2. The van der Waals surface area contributed by atoms with Crippen LogP contribution in [0, 0.1) is 0 Å². The van der Waals surface area contributed by atoms with Crippen LogP contribution in [-0.4, -0.2) is 30.6 Å². The van der Waals surface area contributed by atoms with Crippen LogP contribution >= 0.6 is 0 Å². The van der Waals surface area contributed by atoms with Gasteiger partial charge in [0.15, 0.2) is 0 Å². The second-order valence-electron chi connectivity index (χ2n) is 7.29. The second kappa shape index (κ2) is 11.2. The standard InChI is InChI=1S/C25H20F3N3O5/c1-15(30-31-23(33)22(32)29-18-7-5-6-17(14-18)25(26,27)28)20-8-3-4-9-21(20)36-24(34)16-10-12-19(35-2)13-11-16/h3-14H,1-2H3,(H,29,32)(H,31,33). The molecule has 2 N–H and O–H groups in total. The lowest BCUT2D eigenvalue weighted by Crippen LogP contribution is -2.33. The zero-order valence-corrected chi connectivity index (χ0v) is 19.1. The SMILES string of the molecule is COc1ccc(C(=O)Oc2ccccc2C(C)=NNC(=O)C(=O)Nc2cccc(C(F)(F)F)c2)cc1. The van der Waals surface area contributed by atoms with E-state index in [1.807, 2.05) is 5.43 Å². The third kappa shape index (κ3) is 6.69. The summed E-state index contributed by atoms with van der Waals surface area (Å²) in [7, 11) is 1.50. The highest BCUT2D eigenvalue weighted by molar-refractivity contribution is 6.39. The molecule has 0 unspecified atom stereocenters. The van der Waals surface area contributed by atoms with Gasteiger partial charge in [-0.25, -0.2) is 10.2 Å². The van der Waals surface area contributed by atoms with Crippen LogP contribution in [-0.2, 0) is 15.8 Å². The van der Waals surface area contributed by atoms with Crippen molar-refractivity contribution in [2.24, 2.45) is 5.10 Å². The van der Waals surface area contributed by atoms with Crippen LogP contribution in [0.1, 0.15) is 28.4 Å². The van der Waals surface area contributed by atoms with E-state index in [9.17, 15) is 27.6 Å². The first-order valence-electron chi connectivity index (χ1n) is 10.4. The number of amides is 2. The minimum atomic E-state index is -4.60. The van der Waals surface area contributed by atoms with Crippen LogP contribution in [0.4, 0.5) is 18.9 Å². The molecule has 8 nitrogen and oxygen atoms in total. The number of rotatable bonds is 6. The first kappa shape index (κ1) is 25.9. The molecule has 0 bridgehead atoms. The predicted octanol–water partition coefficient (Wildman–Crippen LogP) is 4.41. The molecule has 0 fully saturated rings. The average molecular weight is 499 g/mol. The number of para-hydroxylation sites is 1. The average Bonchev–Trinajstić information content (AvgIpc) is 2.87. The van der Waals surface area contributed by atoms with Crippen LogP contribution in [0.3, 0.4) is 0 Å². The van der Waals surface area contributed by atoms with E-state index in [2.05, 4.69) is 10.4 Å². The van der Waals surface area contributed by atoms with E-state index >= 15 is 0 Å². The number of ether oxygens (including phenoxy) is 2. The Bertz CT molecular complexity index is 1300. The van der Waals surface area contributed by atoms with Gasteiger partial charge in [-0.2, -0.15) is 18.3 Å². The Kier molecular flexibility index (Phi) is 8.05. The van der Waals surface area contributed by atoms with E-state index < -0.39 is 29.5 Å². The number of esters is 1. The van der Waals surface area contributed by atoms with Crippen molar-refractivity contribution in [2.45, 2.75) is 13.1 Å². The van der Waals surface area contributed by atoms with Gasteiger partial charge in [-0.1, -0.05) is 18.2 Å². The lowest BCUT2D eigenvalue weighted by atomic mass is 10.1. The Labute approximate surface area is 203 Å². The topological polar surface area (TPSA) is 106 Å². The number of hydrogen-bond acceptors (Lipinski definition) is 6. The lowest BCUT2D eigenvalue weighted by Gasteiger charge is -2.11. The van der Waals surface area contributed by atoms with Crippen LogP contribution < -0.4 is 20.2 Å². The highest BCUT2D eigenvalue weighted by Crippen LogP contribution is 2.30. The number of carbonyl (C=O) groups is 3. The molecule has 0 atom stereocenters. The van der Waals surface area contributed by atoms with Crippen molar-refractivity contribution in [2.75, 3.05) is 12.4 Å². The van der Waals surface area contributed by atoms with Gasteiger partial charge in [-0.3, -0.25) is 9.59 Å². The van der Waals surface area contributed by atoms with E-state index in [1.165, 1.54) is 38.3 Å². The summed E-state index contributed by atoms with van der Waals surface area (Å²) in [5.41, 5.74) is 1.69. The quantitative estimate of drug-likeness (QED) is 0.172. The summed E-state index contributed by atoms with van der Waals surface area (Å²) in [5, 5.41) is 5.93. The molecule has 0 heterocycles. The summed E-state index contributed by atoms with van der Waals surface area (Å²) < 4.78 is 49.0. The van der Waals surface area contributed by atoms with Crippen molar-refractivity contribution in [1.82, 2.24) is 5.43 Å². The molecule has 36 heavy (non-hydrogen) atoms. The lowest BCUT2D eigenvalue weighted by molar-refractivity contribution is -0.137. The summed E-state index contributed by atoms with van der Waals surface area (Å²) in [6.07, 6.45) is -4.60. The number of carbonyl (C=O) groups excluding carboxylic acids is 3. The number of nitrogens with zero attached hydrogens (tertiary/aromatic N) is 1. The largest absolute Gasteiger partial charge is 0.497 e. The molecule has 0 radical (unpaired) electrons. The number of anilines is 1. The highest BCUT2D eigenvalue weighted by Gasteiger charge is 2.30. The number of hydrazone groups is 1. The second-order valence-corrected chi connectivity index (χ2v) is 7.29. The number of methoxy groups -OCH3 is 1. The smallest absolute Gasteiger partial charge is 0.416 e. The Morgan fingerprint density at radius 2 is 1.58 bits per heavy atom. The van der Waals surface area contributed by atoms with E-state index in [4.69, 9.17) is 9.47 Å². The molecule has 0 saturated heterocycles. The Hall–Kier alpha value is -4.67. The fraction of sp³-hybridized carbons (Fsp3) is 0.120. The Morgan fingerprint density at radius 1 is 0.889 bits per heavy atom. The van der Waals surface area contributed by atoms with Gasteiger partial charge in [0.1, 0.15) is 11.5 Å². The maximum absolute atomic E-state index is 12.8. The fourth-order valence-electron chi connectivity index (χ4n) is 2.95. The summed E-state index contributed by atoms with van der Waals surface area (Å²) >= 11 is 0. The molecular formula is C25H20F3N3O5. The molecule has 186 valence electrons. The monoisotopic (exact) mass is 499 g/mol. The fourth-order valence-corrected chi connectivity index (χ4v) is 2.95. The predicted molar refractivity (Wildman–Crippen MR) is 125 cm³/mol. The first-order valence-corrected chi connectivity index (χ1v) is 10.4. The maximum Gasteiger partial charge on any atom is 0.416 e. The number of hydrogen-bond donors (Lipinski definition) is 2. The summed E-state index contributed by atoms with van der Waals surface area (Å²) in [4.78, 5) is 36.7.